The summed E-state index contributed by atoms with van der Waals surface area (Å²) in [6, 6.07) is 13.1. The minimum absolute atomic E-state index is 0.0468. The fourth-order valence-electron chi connectivity index (χ4n) is 2.48. The molecule has 0 bridgehead atoms. The number of hydrogen-bond donors (Lipinski definition) is 0. The van der Waals surface area contributed by atoms with Gasteiger partial charge in [0, 0.05) is 26.7 Å². The van der Waals surface area contributed by atoms with Crippen LogP contribution in [-0.4, -0.2) is 24.3 Å². The molecule has 3 rings (SSSR count). The summed E-state index contributed by atoms with van der Waals surface area (Å²) in [6.07, 6.45) is 0. The summed E-state index contributed by atoms with van der Waals surface area (Å²) in [5, 5.41) is 8.81. The van der Waals surface area contributed by atoms with E-state index in [1.807, 2.05) is 6.07 Å². The zero-order chi connectivity index (χ0) is 18.2. The van der Waals surface area contributed by atoms with Gasteiger partial charge in [-0.2, -0.15) is 9.57 Å². The average molecular weight is 357 g/mol. The van der Waals surface area contributed by atoms with Crippen molar-refractivity contribution in [3.05, 3.63) is 64.1 Å². The predicted molar refractivity (Wildman–Crippen MR) is 91.3 cm³/mol. The highest BCUT2D eigenvalue weighted by Gasteiger charge is 2.22. The van der Waals surface area contributed by atoms with Gasteiger partial charge in [0.15, 0.2) is 5.58 Å². The van der Waals surface area contributed by atoms with Crippen LogP contribution in [0.15, 0.2) is 56.6 Å². The van der Waals surface area contributed by atoms with E-state index in [0.717, 1.165) is 5.56 Å². The number of oxazole rings is 1. The van der Waals surface area contributed by atoms with Gasteiger partial charge in [-0.05, 0) is 29.8 Å². The largest absolute Gasteiger partial charge is 0.419 e. The van der Waals surface area contributed by atoms with Crippen LogP contribution in [0, 0.1) is 11.3 Å². The number of benzene rings is 2. The lowest BCUT2D eigenvalue weighted by molar-refractivity contribution is 0.466. The van der Waals surface area contributed by atoms with E-state index in [1.165, 1.54) is 28.1 Å². The van der Waals surface area contributed by atoms with Gasteiger partial charge in [0.1, 0.15) is 0 Å². The second-order valence-corrected chi connectivity index (χ2v) is 7.67. The topological polar surface area (TPSA) is 96.3 Å². The lowest BCUT2D eigenvalue weighted by atomic mass is 10.1. The molecule has 2 aromatic carbocycles. The van der Waals surface area contributed by atoms with E-state index in [1.54, 1.807) is 37.4 Å². The van der Waals surface area contributed by atoms with Crippen molar-refractivity contribution in [2.45, 2.75) is 11.4 Å². The Morgan fingerprint density at radius 1 is 1.20 bits per heavy atom. The first-order valence-electron chi connectivity index (χ1n) is 7.38. The molecule has 0 aliphatic carbocycles. The molecule has 0 saturated heterocycles. The Morgan fingerprint density at radius 3 is 2.52 bits per heavy atom. The zero-order valence-corrected chi connectivity index (χ0v) is 14.4. The van der Waals surface area contributed by atoms with Gasteiger partial charge in [0.25, 0.3) is 0 Å². The van der Waals surface area contributed by atoms with Crippen LogP contribution in [0.25, 0.3) is 11.1 Å². The Morgan fingerprint density at radius 2 is 1.88 bits per heavy atom. The van der Waals surface area contributed by atoms with Gasteiger partial charge >= 0.3 is 5.76 Å². The van der Waals surface area contributed by atoms with E-state index >= 15 is 0 Å². The summed E-state index contributed by atoms with van der Waals surface area (Å²) in [4.78, 5) is 11.6. The minimum Gasteiger partial charge on any atom is -0.408 e. The number of sulfonamides is 1. The molecule has 1 aromatic heterocycles. The van der Waals surface area contributed by atoms with Crippen LogP contribution >= 0.6 is 0 Å². The summed E-state index contributed by atoms with van der Waals surface area (Å²) in [6.45, 7) is 0.158. The Kier molecular flexibility index (Phi) is 4.20. The second-order valence-electron chi connectivity index (χ2n) is 5.63. The lowest BCUT2D eigenvalue weighted by Crippen LogP contribution is -2.26. The van der Waals surface area contributed by atoms with Crippen LogP contribution in [0.2, 0.25) is 0 Å². The molecule has 0 atom stereocenters. The van der Waals surface area contributed by atoms with E-state index < -0.39 is 15.8 Å². The van der Waals surface area contributed by atoms with Crippen molar-refractivity contribution in [3.8, 4) is 6.07 Å². The summed E-state index contributed by atoms with van der Waals surface area (Å²) < 4.78 is 33.1. The van der Waals surface area contributed by atoms with Gasteiger partial charge in [0.2, 0.25) is 10.0 Å². The quantitative estimate of drug-likeness (QED) is 0.710. The van der Waals surface area contributed by atoms with Gasteiger partial charge in [-0.25, -0.2) is 13.2 Å². The summed E-state index contributed by atoms with van der Waals surface area (Å²) >= 11 is 0. The van der Waals surface area contributed by atoms with Crippen molar-refractivity contribution in [2.24, 2.45) is 7.05 Å². The fourth-order valence-corrected chi connectivity index (χ4v) is 3.66. The standard InChI is InChI=1S/C17H15N3O4S/c1-19(11-13-5-3-12(10-18)4-6-13)25(22,23)14-7-8-15-16(9-14)24-17(21)20(15)2/h3-9H,11H2,1-2H3. The Labute approximate surface area is 144 Å². The van der Waals surface area contributed by atoms with Crippen LogP contribution in [0.3, 0.4) is 0 Å². The zero-order valence-electron chi connectivity index (χ0n) is 13.6. The number of rotatable bonds is 4. The van der Waals surface area contributed by atoms with Crippen molar-refractivity contribution in [2.75, 3.05) is 7.05 Å². The van der Waals surface area contributed by atoms with Crippen molar-refractivity contribution in [3.63, 3.8) is 0 Å². The summed E-state index contributed by atoms with van der Waals surface area (Å²) in [5.41, 5.74) is 2.02. The molecule has 128 valence electrons. The molecule has 3 aromatic rings. The molecule has 0 radical (unpaired) electrons. The first-order valence-corrected chi connectivity index (χ1v) is 8.82. The van der Waals surface area contributed by atoms with Crippen LogP contribution in [0.4, 0.5) is 0 Å². The van der Waals surface area contributed by atoms with Crippen LogP contribution in [0.5, 0.6) is 0 Å². The third kappa shape index (κ3) is 3.07. The molecule has 0 fully saturated rings. The SMILES string of the molecule is CN(Cc1ccc(C#N)cc1)S(=O)(=O)c1ccc2c(c1)oc(=O)n2C. The number of aromatic nitrogens is 1. The molecule has 0 saturated carbocycles. The molecule has 0 N–H and O–H groups in total. The number of aryl methyl sites for hydroxylation is 1. The molecular formula is C17H15N3O4S. The molecule has 0 amide bonds. The highest BCUT2D eigenvalue weighted by atomic mass is 32.2. The first-order chi connectivity index (χ1) is 11.8. The lowest BCUT2D eigenvalue weighted by Gasteiger charge is -2.17. The maximum absolute atomic E-state index is 12.7. The van der Waals surface area contributed by atoms with Crippen LogP contribution in [-0.2, 0) is 23.6 Å². The minimum atomic E-state index is -3.75. The van der Waals surface area contributed by atoms with E-state index in [9.17, 15) is 13.2 Å². The van der Waals surface area contributed by atoms with E-state index in [2.05, 4.69) is 0 Å². The predicted octanol–water partition coefficient (Wildman–Crippen LogP) is 1.82. The van der Waals surface area contributed by atoms with Gasteiger partial charge in [-0.1, -0.05) is 12.1 Å². The molecule has 0 spiro atoms. The van der Waals surface area contributed by atoms with Crippen molar-refractivity contribution in [1.29, 1.82) is 5.26 Å². The van der Waals surface area contributed by atoms with Crippen molar-refractivity contribution < 1.29 is 12.8 Å². The molecule has 7 nitrogen and oxygen atoms in total. The third-order valence-electron chi connectivity index (χ3n) is 3.96. The molecule has 1 heterocycles. The van der Waals surface area contributed by atoms with Crippen LogP contribution in [0.1, 0.15) is 11.1 Å². The number of nitrogens with zero attached hydrogens (tertiary/aromatic N) is 3. The summed E-state index contributed by atoms with van der Waals surface area (Å²) in [5.74, 6) is -0.546. The highest BCUT2D eigenvalue weighted by molar-refractivity contribution is 7.89. The van der Waals surface area contributed by atoms with E-state index in [0.29, 0.717) is 11.1 Å². The Hall–Kier alpha value is -2.89. The van der Waals surface area contributed by atoms with Crippen molar-refractivity contribution in [1.82, 2.24) is 8.87 Å². The third-order valence-corrected chi connectivity index (χ3v) is 5.76. The normalized spacial score (nSPS) is 11.8. The first kappa shape index (κ1) is 17.0. The summed E-state index contributed by atoms with van der Waals surface area (Å²) in [7, 11) is -0.725. The molecular weight excluding hydrogens is 342 g/mol. The average Bonchev–Trinajstić information content (AvgIpc) is 2.89. The maximum atomic E-state index is 12.7. The monoisotopic (exact) mass is 357 g/mol. The fraction of sp³-hybridized carbons (Fsp3) is 0.176. The molecule has 8 heteroatoms. The van der Waals surface area contributed by atoms with Crippen molar-refractivity contribution >= 4 is 21.1 Å². The second kappa shape index (κ2) is 6.20. The molecule has 0 unspecified atom stereocenters. The highest BCUT2D eigenvalue weighted by Crippen LogP contribution is 2.21. The molecule has 0 aliphatic rings. The number of fused-ring (bicyclic) bond motifs is 1. The van der Waals surface area contributed by atoms with Gasteiger partial charge in [-0.15, -0.1) is 0 Å². The Balaban J connectivity index is 1.91. The Bertz CT molecular complexity index is 1140. The van der Waals surface area contributed by atoms with Gasteiger partial charge < -0.3 is 4.42 Å². The number of nitriles is 1. The maximum Gasteiger partial charge on any atom is 0.419 e. The van der Waals surface area contributed by atoms with Gasteiger partial charge in [-0.3, -0.25) is 4.57 Å². The molecule has 25 heavy (non-hydrogen) atoms. The molecule has 0 aliphatic heterocycles. The van der Waals surface area contributed by atoms with Gasteiger partial charge in [0.05, 0.1) is 22.0 Å². The van der Waals surface area contributed by atoms with E-state index in [-0.39, 0.29) is 17.0 Å². The number of hydrogen-bond acceptors (Lipinski definition) is 5. The van der Waals surface area contributed by atoms with Crippen LogP contribution < -0.4 is 5.76 Å². The smallest absolute Gasteiger partial charge is 0.408 e. The van der Waals surface area contributed by atoms with E-state index in [4.69, 9.17) is 9.68 Å².